The standard InChI is InChI=1S/C12H20N4O3/c1-12(2,3)11-15-14-9(19-11)7-16-5-4-13-6-8(16)10(17)18/h8,13H,4-7H2,1-3H3,(H,17,18). The summed E-state index contributed by atoms with van der Waals surface area (Å²) in [4.78, 5) is 13.0. The molecule has 1 aromatic rings. The molecule has 0 aliphatic carbocycles. The SMILES string of the molecule is CC(C)(C)c1nnc(CN2CCNCC2C(=O)O)o1. The zero-order chi connectivity index (χ0) is 14.0. The van der Waals surface area contributed by atoms with E-state index in [4.69, 9.17) is 4.42 Å². The highest BCUT2D eigenvalue weighted by atomic mass is 16.4. The summed E-state index contributed by atoms with van der Waals surface area (Å²) < 4.78 is 5.60. The molecule has 1 saturated heterocycles. The lowest BCUT2D eigenvalue weighted by molar-refractivity contribution is -0.144. The molecule has 0 radical (unpaired) electrons. The Hall–Kier alpha value is -1.47. The monoisotopic (exact) mass is 268 g/mol. The van der Waals surface area contributed by atoms with Gasteiger partial charge >= 0.3 is 5.97 Å². The lowest BCUT2D eigenvalue weighted by atomic mass is 9.97. The Labute approximate surface area is 112 Å². The Morgan fingerprint density at radius 2 is 2.26 bits per heavy atom. The molecule has 0 aromatic carbocycles. The van der Waals surface area contributed by atoms with Gasteiger partial charge in [-0.3, -0.25) is 9.69 Å². The average molecular weight is 268 g/mol. The quantitative estimate of drug-likeness (QED) is 0.810. The predicted molar refractivity (Wildman–Crippen MR) is 67.7 cm³/mol. The van der Waals surface area contributed by atoms with E-state index >= 15 is 0 Å². The third-order valence-corrected chi connectivity index (χ3v) is 3.09. The summed E-state index contributed by atoms with van der Waals surface area (Å²) >= 11 is 0. The van der Waals surface area contributed by atoms with Crippen LogP contribution in [-0.2, 0) is 16.8 Å². The van der Waals surface area contributed by atoms with Crippen molar-refractivity contribution >= 4 is 5.97 Å². The van der Waals surface area contributed by atoms with Crippen LogP contribution in [0.25, 0.3) is 0 Å². The molecule has 0 amide bonds. The van der Waals surface area contributed by atoms with Crippen LogP contribution in [0.4, 0.5) is 0 Å². The lowest BCUT2D eigenvalue weighted by Crippen LogP contribution is -2.54. The molecule has 1 aliphatic heterocycles. The van der Waals surface area contributed by atoms with Gasteiger partial charge in [0, 0.05) is 25.0 Å². The van der Waals surface area contributed by atoms with Gasteiger partial charge in [0.15, 0.2) is 0 Å². The summed E-state index contributed by atoms with van der Waals surface area (Å²) in [6.45, 7) is 8.23. The van der Waals surface area contributed by atoms with Gasteiger partial charge in [-0.25, -0.2) is 0 Å². The summed E-state index contributed by atoms with van der Waals surface area (Å²) in [6.07, 6.45) is 0. The van der Waals surface area contributed by atoms with E-state index in [1.807, 2.05) is 25.7 Å². The van der Waals surface area contributed by atoms with Crippen LogP contribution in [-0.4, -0.2) is 51.8 Å². The second-order valence-corrected chi connectivity index (χ2v) is 5.78. The number of rotatable bonds is 3. The van der Waals surface area contributed by atoms with Crippen LogP contribution in [0.2, 0.25) is 0 Å². The van der Waals surface area contributed by atoms with Gasteiger partial charge in [-0.2, -0.15) is 0 Å². The summed E-state index contributed by atoms with van der Waals surface area (Å²) in [6, 6.07) is -0.543. The molecule has 0 bridgehead atoms. The first-order valence-electron chi connectivity index (χ1n) is 6.38. The Morgan fingerprint density at radius 1 is 1.53 bits per heavy atom. The van der Waals surface area contributed by atoms with Crippen molar-refractivity contribution in [1.29, 1.82) is 0 Å². The van der Waals surface area contributed by atoms with Crippen LogP contribution in [0.15, 0.2) is 4.42 Å². The molecule has 106 valence electrons. The summed E-state index contributed by atoms with van der Waals surface area (Å²) in [5, 5.41) is 20.3. The average Bonchev–Trinajstić information content (AvgIpc) is 2.77. The summed E-state index contributed by atoms with van der Waals surface area (Å²) in [5.41, 5.74) is -0.194. The van der Waals surface area contributed by atoms with Crippen LogP contribution < -0.4 is 5.32 Å². The molecule has 1 fully saturated rings. The number of nitrogens with one attached hydrogen (secondary N) is 1. The van der Waals surface area contributed by atoms with Crippen molar-refractivity contribution in [3.05, 3.63) is 11.8 Å². The molecule has 0 spiro atoms. The van der Waals surface area contributed by atoms with Gasteiger partial charge in [0.2, 0.25) is 11.8 Å². The van der Waals surface area contributed by atoms with Crippen molar-refractivity contribution in [3.8, 4) is 0 Å². The van der Waals surface area contributed by atoms with Crippen molar-refractivity contribution < 1.29 is 14.3 Å². The highest BCUT2D eigenvalue weighted by Crippen LogP contribution is 2.21. The fourth-order valence-electron chi connectivity index (χ4n) is 1.97. The molecule has 19 heavy (non-hydrogen) atoms. The van der Waals surface area contributed by atoms with E-state index in [2.05, 4.69) is 15.5 Å². The Morgan fingerprint density at radius 3 is 2.84 bits per heavy atom. The number of aromatic nitrogens is 2. The van der Waals surface area contributed by atoms with Crippen molar-refractivity contribution in [2.75, 3.05) is 19.6 Å². The van der Waals surface area contributed by atoms with Crippen LogP contribution in [0, 0.1) is 0 Å². The third-order valence-electron chi connectivity index (χ3n) is 3.09. The second-order valence-electron chi connectivity index (χ2n) is 5.78. The number of aliphatic carboxylic acids is 1. The Balaban J connectivity index is 2.07. The van der Waals surface area contributed by atoms with E-state index in [1.165, 1.54) is 0 Å². The number of carbonyl (C=O) groups is 1. The first-order chi connectivity index (χ1) is 8.88. The minimum absolute atomic E-state index is 0.194. The van der Waals surface area contributed by atoms with Gasteiger partial charge in [-0.15, -0.1) is 10.2 Å². The Kier molecular flexibility index (Phi) is 3.86. The van der Waals surface area contributed by atoms with Crippen LogP contribution in [0.5, 0.6) is 0 Å². The molecule has 1 aromatic heterocycles. The van der Waals surface area contributed by atoms with E-state index in [9.17, 15) is 9.90 Å². The number of nitrogens with zero attached hydrogens (tertiary/aromatic N) is 3. The van der Waals surface area contributed by atoms with Gasteiger partial charge in [0.25, 0.3) is 0 Å². The first-order valence-corrected chi connectivity index (χ1v) is 6.38. The largest absolute Gasteiger partial charge is 0.480 e. The molecule has 1 aliphatic rings. The zero-order valence-corrected chi connectivity index (χ0v) is 11.5. The highest BCUT2D eigenvalue weighted by Gasteiger charge is 2.30. The lowest BCUT2D eigenvalue weighted by Gasteiger charge is -2.32. The van der Waals surface area contributed by atoms with E-state index in [0.29, 0.717) is 31.4 Å². The first kappa shape index (κ1) is 14.0. The van der Waals surface area contributed by atoms with Gasteiger partial charge in [-0.05, 0) is 0 Å². The third kappa shape index (κ3) is 3.30. The fraction of sp³-hybridized carbons (Fsp3) is 0.750. The van der Waals surface area contributed by atoms with E-state index in [1.54, 1.807) is 0 Å². The van der Waals surface area contributed by atoms with E-state index in [0.717, 1.165) is 6.54 Å². The maximum absolute atomic E-state index is 11.2. The number of carboxylic acids is 1. The molecule has 1 unspecified atom stereocenters. The maximum atomic E-state index is 11.2. The van der Waals surface area contributed by atoms with Crippen LogP contribution >= 0.6 is 0 Å². The maximum Gasteiger partial charge on any atom is 0.322 e. The fourth-order valence-corrected chi connectivity index (χ4v) is 1.97. The molecule has 0 saturated carbocycles. The van der Waals surface area contributed by atoms with Gasteiger partial charge in [0.1, 0.15) is 6.04 Å². The predicted octanol–water partition coefficient (Wildman–Crippen LogP) is 0.226. The summed E-state index contributed by atoms with van der Waals surface area (Å²) in [7, 11) is 0. The molecule has 7 nitrogen and oxygen atoms in total. The molecule has 2 rings (SSSR count). The van der Waals surface area contributed by atoms with Crippen LogP contribution in [0.1, 0.15) is 32.6 Å². The van der Waals surface area contributed by atoms with Crippen molar-refractivity contribution in [3.63, 3.8) is 0 Å². The molecule has 2 heterocycles. The minimum atomic E-state index is -0.831. The highest BCUT2D eigenvalue weighted by molar-refractivity contribution is 5.73. The molecule has 7 heteroatoms. The topological polar surface area (TPSA) is 91.5 Å². The number of carboxylic acid groups (broad SMARTS) is 1. The van der Waals surface area contributed by atoms with E-state index < -0.39 is 12.0 Å². The van der Waals surface area contributed by atoms with Gasteiger partial charge < -0.3 is 14.8 Å². The number of piperazine rings is 1. The van der Waals surface area contributed by atoms with E-state index in [-0.39, 0.29) is 5.41 Å². The normalized spacial score (nSPS) is 21.5. The van der Waals surface area contributed by atoms with Crippen LogP contribution in [0.3, 0.4) is 0 Å². The second kappa shape index (κ2) is 5.26. The molecular formula is C12H20N4O3. The molecule has 1 atom stereocenters. The molecular weight excluding hydrogens is 248 g/mol. The van der Waals surface area contributed by atoms with Crippen molar-refractivity contribution in [1.82, 2.24) is 20.4 Å². The minimum Gasteiger partial charge on any atom is -0.480 e. The smallest absolute Gasteiger partial charge is 0.322 e. The van der Waals surface area contributed by atoms with Crippen molar-refractivity contribution in [2.24, 2.45) is 0 Å². The van der Waals surface area contributed by atoms with Crippen molar-refractivity contribution in [2.45, 2.75) is 38.8 Å². The molecule has 2 N–H and O–H groups in total. The van der Waals surface area contributed by atoms with Gasteiger partial charge in [-0.1, -0.05) is 20.8 Å². The zero-order valence-electron chi connectivity index (χ0n) is 11.5. The number of hydrogen-bond donors (Lipinski definition) is 2. The number of hydrogen-bond acceptors (Lipinski definition) is 6. The van der Waals surface area contributed by atoms with Gasteiger partial charge in [0.05, 0.1) is 6.54 Å². The Bertz CT molecular complexity index is 452. The summed E-state index contributed by atoms with van der Waals surface area (Å²) in [5.74, 6) is 0.213.